The Labute approximate surface area is 88.0 Å². The molecule has 0 aromatic heterocycles. The molecule has 15 heavy (non-hydrogen) atoms. The fraction of sp³-hybridized carbons (Fsp3) is 0.182. The number of hydrogen-bond acceptors (Lipinski definition) is 4. The average molecular weight is 205 g/mol. The van der Waals surface area contributed by atoms with Gasteiger partial charge in [-0.3, -0.25) is 0 Å². The van der Waals surface area contributed by atoms with Crippen LogP contribution in [-0.2, 0) is 0 Å². The molecule has 0 aliphatic rings. The highest BCUT2D eigenvalue weighted by molar-refractivity contribution is 5.62. The third-order valence-electron chi connectivity index (χ3n) is 1.85. The van der Waals surface area contributed by atoms with Crippen molar-refractivity contribution < 1.29 is 14.6 Å². The van der Waals surface area contributed by atoms with Crippen LogP contribution in [0.4, 0.5) is 0 Å². The predicted molar refractivity (Wildman–Crippen MR) is 55.9 cm³/mol. The summed E-state index contributed by atoms with van der Waals surface area (Å²) in [6.45, 7) is 0. The van der Waals surface area contributed by atoms with E-state index in [0.29, 0.717) is 11.5 Å². The standard InChI is InChI=1S/C11H11NO3/c1-14-9-6-8(4-3-5-12)7-10(15-2)11(9)13/h3-4,6-7,13H,1-2H3/b4-3+. The summed E-state index contributed by atoms with van der Waals surface area (Å²) in [6.07, 6.45) is 2.94. The lowest BCUT2D eigenvalue weighted by atomic mass is 10.1. The van der Waals surface area contributed by atoms with Crippen molar-refractivity contribution in [3.8, 4) is 23.3 Å². The highest BCUT2D eigenvalue weighted by atomic mass is 16.5. The number of nitrogens with zero attached hydrogens (tertiary/aromatic N) is 1. The zero-order valence-corrected chi connectivity index (χ0v) is 8.52. The Morgan fingerprint density at radius 1 is 1.27 bits per heavy atom. The second-order valence-electron chi connectivity index (χ2n) is 2.74. The Morgan fingerprint density at radius 3 is 2.20 bits per heavy atom. The lowest BCUT2D eigenvalue weighted by molar-refractivity contribution is 0.340. The van der Waals surface area contributed by atoms with Gasteiger partial charge in [-0.05, 0) is 23.8 Å². The summed E-state index contributed by atoms with van der Waals surface area (Å²) in [4.78, 5) is 0. The van der Waals surface area contributed by atoms with Gasteiger partial charge in [0, 0.05) is 6.08 Å². The Morgan fingerprint density at radius 2 is 1.80 bits per heavy atom. The topological polar surface area (TPSA) is 62.5 Å². The fourth-order valence-electron chi connectivity index (χ4n) is 1.14. The molecule has 0 radical (unpaired) electrons. The van der Waals surface area contributed by atoms with Gasteiger partial charge in [-0.2, -0.15) is 5.26 Å². The fourth-order valence-corrected chi connectivity index (χ4v) is 1.14. The number of phenols is 1. The van der Waals surface area contributed by atoms with Crippen LogP contribution >= 0.6 is 0 Å². The first-order valence-corrected chi connectivity index (χ1v) is 4.24. The van der Waals surface area contributed by atoms with Gasteiger partial charge in [0.1, 0.15) is 0 Å². The van der Waals surface area contributed by atoms with Crippen molar-refractivity contribution in [3.05, 3.63) is 23.8 Å². The molecule has 1 N–H and O–H groups in total. The van der Waals surface area contributed by atoms with Crippen LogP contribution in [-0.4, -0.2) is 19.3 Å². The summed E-state index contributed by atoms with van der Waals surface area (Å²) in [5, 5.41) is 18.0. The Balaban J connectivity index is 3.21. The van der Waals surface area contributed by atoms with E-state index in [2.05, 4.69) is 0 Å². The molecule has 0 amide bonds. The highest BCUT2D eigenvalue weighted by Crippen LogP contribution is 2.37. The molecular weight excluding hydrogens is 194 g/mol. The van der Waals surface area contributed by atoms with Crippen LogP contribution in [0.2, 0.25) is 0 Å². The SMILES string of the molecule is COc1cc(/C=C/C#N)cc(OC)c1O. The number of benzene rings is 1. The summed E-state index contributed by atoms with van der Waals surface area (Å²) in [5.41, 5.74) is 0.725. The number of nitriles is 1. The first-order chi connectivity index (χ1) is 7.22. The molecule has 0 saturated heterocycles. The van der Waals surface area contributed by atoms with Crippen LogP contribution in [0.25, 0.3) is 6.08 Å². The summed E-state index contributed by atoms with van der Waals surface area (Å²) in [7, 11) is 2.90. The number of methoxy groups -OCH3 is 2. The van der Waals surface area contributed by atoms with E-state index in [1.54, 1.807) is 18.2 Å². The van der Waals surface area contributed by atoms with Crippen molar-refractivity contribution in [1.29, 1.82) is 5.26 Å². The summed E-state index contributed by atoms with van der Waals surface area (Å²) in [5.74, 6) is 0.577. The third kappa shape index (κ3) is 2.41. The maximum absolute atomic E-state index is 9.60. The maximum Gasteiger partial charge on any atom is 0.200 e. The van der Waals surface area contributed by atoms with Crippen LogP contribution in [0, 0.1) is 11.3 Å². The maximum atomic E-state index is 9.60. The summed E-state index contributed by atoms with van der Waals surface area (Å²) >= 11 is 0. The van der Waals surface area contributed by atoms with E-state index < -0.39 is 0 Å². The minimum atomic E-state index is -0.0471. The van der Waals surface area contributed by atoms with Crippen molar-refractivity contribution >= 4 is 6.08 Å². The molecule has 0 aliphatic heterocycles. The molecule has 0 fully saturated rings. The number of rotatable bonds is 3. The molecule has 4 nitrogen and oxygen atoms in total. The molecule has 0 heterocycles. The van der Waals surface area contributed by atoms with Gasteiger partial charge in [-0.1, -0.05) is 0 Å². The lowest BCUT2D eigenvalue weighted by Gasteiger charge is -2.09. The highest BCUT2D eigenvalue weighted by Gasteiger charge is 2.09. The van der Waals surface area contributed by atoms with Crippen molar-refractivity contribution in [1.82, 2.24) is 0 Å². The van der Waals surface area contributed by atoms with Gasteiger partial charge >= 0.3 is 0 Å². The molecule has 0 bridgehead atoms. The van der Waals surface area contributed by atoms with Gasteiger partial charge in [-0.15, -0.1) is 0 Å². The van der Waals surface area contributed by atoms with Gasteiger partial charge in [0.15, 0.2) is 11.5 Å². The molecule has 0 aliphatic carbocycles. The second kappa shape index (κ2) is 4.91. The number of hydrogen-bond donors (Lipinski definition) is 1. The molecule has 0 spiro atoms. The normalized spacial score (nSPS) is 9.93. The third-order valence-corrected chi connectivity index (χ3v) is 1.85. The second-order valence-corrected chi connectivity index (χ2v) is 2.74. The van der Waals surface area contributed by atoms with Crippen molar-refractivity contribution in [2.75, 3.05) is 14.2 Å². The largest absolute Gasteiger partial charge is 0.502 e. The van der Waals surface area contributed by atoms with E-state index in [-0.39, 0.29) is 5.75 Å². The van der Waals surface area contributed by atoms with E-state index in [1.807, 2.05) is 6.07 Å². The number of phenolic OH excluding ortho intramolecular Hbond substituents is 1. The quantitative estimate of drug-likeness (QED) is 0.766. The van der Waals surface area contributed by atoms with E-state index in [4.69, 9.17) is 14.7 Å². The van der Waals surface area contributed by atoms with Gasteiger partial charge in [0.25, 0.3) is 0 Å². The van der Waals surface area contributed by atoms with E-state index in [9.17, 15) is 5.11 Å². The minimum absolute atomic E-state index is 0.0471. The number of allylic oxidation sites excluding steroid dienone is 1. The molecule has 0 saturated carbocycles. The predicted octanol–water partition coefficient (Wildman–Crippen LogP) is 1.95. The molecule has 1 aromatic carbocycles. The Kier molecular flexibility index (Phi) is 3.58. The molecule has 1 aromatic rings. The van der Waals surface area contributed by atoms with Crippen LogP contribution in [0.1, 0.15) is 5.56 Å². The van der Waals surface area contributed by atoms with E-state index in [1.165, 1.54) is 20.3 Å². The molecule has 0 unspecified atom stereocenters. The van der Waals surface area contributed by atoms with Crippen molar-refractivity contribution in [2.45, 2.75) is 0 Å². The first-order valence-electron chi connectivity index (χ1n) is 4.24. The van der Waals surface area contributed by atoms with Crippen LogP contribution < -0.4 is 9.47 Å². The minimum Gasteiger partial charge on any atom is -0.502 e. The van der Waals surface area contributed by atoms with Crippen LogP contribution in [0.15, 0.2) is 18.2 Å². The molecule has 78 valence electrons. The average Bonchev–Trinajstić information content (AvgIpc) is 2.27. The van der Waals surface area contributed by atoms with Gasteiger partial charge in [-0.25, -0.2) is 0 Å². The molecule has 4 heteroatoms. The molecule has 1 rings (SSSR count). The zero-order valence-electron chi connectivity index (χ0n) is 8.52. The van der Waals surface area contributed by atoms with Crippen molar-refractivity contribution in [2.24, 2.45) is 0 Å². The Hall–Kier alpha value is -2.15. The van der Waals surface area contributed by atoms with Crippen LogP contribution in [0.3, 0.4) is 0 Å². The number of aromatic hydroxyl groups is 1. The monoisotopic (exact) mass is 205 g/mol. The van der Waals surface area contributed by atoms with Crippen LogP contribution in [0.5, 0.6) is 17.2 Å². The first kappa shape index (κ1) is 10.9. The zero-order chi connectivity index (χ0) is 11.3. The van der Waals surface area contributed by atoms with Crippen molar-refractivity contribution in [3.63, 3.8) is 0 Å². The van der Waals surface area contributed by atoms with E-state index in [0.717, 1.165) is 5.56 Å². The van der Waals surface area contributed by atoms with Gasteiger partial charge < -0.3 is 14.6 Å². The Bertz CT molecular complexity index is 393. The molecule has 0 atom stereocenters. The van der Waals surface area contributed by atoms with E-state index >= 15 is 0 Å². The van der Waals surface area contributed by atoms with Gasteiger partial charge in [0.2, 0.25) is 5.75 Å². The number of ether oxygens (including phenoxy) is 2. The summed E-state index contributed by atoms with van der Waals surface area (Å²) < 4.78 is 9.92. The van der Waals surface area contributed by atoms with Gasteiger partial charge in [0.05, 0.1) is 20.3 Å². The smallest absolute Gasteiger partial charge is 0.200 e. The summed E-state index contributed by atoms with van der Waals surface area (Å²) in [6, 6.07) is 5.11. The lowest BCUT2D eigenvalue weighted by Crippen LogP contribution is -1.89. The molecular formula is C11H11NO3.